The fourth-order valence-electron chi connectivity index (χ4n) is 2.87. The number of carbonyl (C=O) groups excluding carboxylic acids is 1. The zero-order valence-electron chi connectivity index (χ0n) is 17.6. The van der Waals surface area contributed by atoms with Crippen molar-refractivity contribution in [2.24, 2.45) is 0 Å². The molecule has 2 aromatic carbocycles. The third kappa shape index (κ3) is 5.57. The predicted molar refractivity (Wildman–Crippen MR) is 114 cm³/mol. The Balaban J connectivity index is 1.87. The second-order valence-electron chi connectivity index (χ2n) is 6.37. The maximum absolute atomic E-state index is 12.2. The molecule has 31 heavy (non-hydrogen) atoms. The summed E-state index contributed by atoms with van der Waals surface area (Å²) in [5.74, 6) is 0.461. The third-order valence-electron chi connectivity index (χ3n) is 4.24. The molecule has 0 aliphatic carbocycles. The molecule has 160 valence electrons. The minimum Gasteiger partial charge on any atom is -0.503 e. The molecule has 0 saturated carbocycles. The van der Waals surface area contributed by atoms with Gasteiger partial charge < -0.3 is 18.9 Å². The lowest BCUT2D eigenvalue weighted by atomic mass is 10.1. The number of nitrogens with zero attached hydrogens (tertiary/aromatic N) is 3. The molecule has 0 saturated heterocycles. The van der Waals surface area contributed by atoms with Gasteiger partial charge in [-0.3, -0.25) is 0 Å². The Morgan fingerprint density at radius 1 is 0.935 bits per heavy atom. The molecular weight excluding hydrogens is 398 g/mol. The van der Waals surface area contributed by atoms with Crippen LogP contribution in [0.2, 0.25) is 0 Å². The molecule has 0 bridgehead atoms. The third-order valence-corrected chi connectivity index (χ3v) is 4.24. The van der Waals surface area contributed by atoms with Crippen molar-refractivity contribution in [3.05, 3.63) is 72.2 Å². The van der Waals surface area contributed by atoms with Crippen molar-refractivity contribution in [3.8, 4) is 23.5 Å². The van der Waals surface area contributed by atoms with Gasteiger partial charge in [0.15, 0.2) is 0 Å². The molecule has 3 aromatic rings. The summed E-state index contributed by atoms with van der Waals surface area (Å²) in [4.78, 5) is 24.5. The van der Waals surface area contributed by atoms with Crippen molar-refractivity contribution in [2.75, 3.05) is 14.2 Å². The van der Waals surface area contributed by atoms with E-state index < -0.39 is 5.97 Å². The van der Waals surface area contributed by atoms with Gasteiger partial charge in [0.25, 0.3) is 0 Å². The molecule has 0 aliphatic heterocycles. The van der Waals surface area contributed by atoms with Crippen molar-refractivity contribution in [1.29, 1.82) is 0 Å². The monoisotopic (exact) mass is 421 g/mol. The van der Waals surface area contributed by atoms with Gasteiger partial charge in [0, 0.05) is 5.56 Å². The Kier molecular flexibility index (Phi) is 7.53. The van der Waals surface area contributed by atoms with Crippen molar-refractivity contribution < 1.29 is 23.7 Å². The number of hydrogen-bond acceptors (Lipinski definition) is 8. The summed E-state index contributed by atoms with van der Waals surface area (Å²) in [6.45, 7) is 2.10. The number of para-hydroxylation sites is 2. The quantitative estimate of drug-likeness (QED) is 0.282. The Bertz CT molecular complexity index is 1070. The first-order valence-electron chi connectivity index (χ1n) is 9.69. The minimum absolute atomic E-state index is 0.0204. The van der Waals surface area contributed by atoms with E-state index in [0.717, 1.165) is 18.4 Å². The van der Waals surface area contributed by atoms with Gasteiger partial charge in [-0.2, -0.15) is 9.97 Å². The van der Waals surface area contributed by atoms with E-state index in [1.165, 1.54) is 26.8 Å². The maximum atomic E-state index is 12.2. The van der Waals surface area contributed by atoms with Gasteiger partial charge in [-0.25, -0.2) is 4.79 Å². The van der Waals surface area contributed by atoms with E-state index in [4.69, 9.17) is 18.9 Å². The molecule has 0 atom stereocenters. The number of methoxy groups -OCH3 is 2. The van der Waals surface area contributed by atoms with Gasteiger partial charge in [0.1, 0.15) is 23.4 Å². The maximum Gasteiger partial charge on any atom is 0.341 e. The first kappa shape index (κ1) is 21.8. The summed E-state index contributed by atoms with van der Waals surface area (Å²) in [6.07, 6.45) is 4.45. The van der Waals surface area contributed by atoms with Crippen LogP contribution >= 0.6 is 0 Å². The highest BCUT2D eigenvalue weighted by molar-refractivity contribution is 6.17. The zero-order chi connectivity index (χ0) is 22.1. The van der Waals surface area contributed by atoms with Crippen LogP contribution in [0, 0.1) is 0 Å². The molecular formula is C23H23N3O5. The number of benzene rings is 2. The molecule has 8 nitrogen and oxygen atoms in total. The predicted octanol–water partition coefficient (Wildman–Crippen LogP) is 4.57. The van der Waals surface area contributed by atoms with Crippen molar-refractivity contribution in [3.63, 3.8) is 0 Å². The average molecular weight is 421 g/mol. The van der Waals surface area contributed by atoms with E-state index in [0.29, 0.717) is 17.1 Å². The van der Waals surface area contributed by atoms with Gasteiger partial charge in [0.2, 0.25) is 0 Å². The van der Waals surface area contributed by atoms with Crippen LogP contribution in [0.5, 0.6) is 23.5 Å². The number of aromatic nitrogens is 3. The first-order chi connectivity index (χ1) is 15.2. The Labute approximate surface area is 180 Å². The fourth-order valence-corrected chi connectivity index (χ4v) is 2.87. The summed E-state index contributed by atoms with van der Waals surface area (Å²) in [5.41, 5.74) is 1.72. The second-order valence-corrected chi connectivity index (χ2v) is 6.37. The molecule has 1 aromatic heterocycles. The number of hydrogen-bond donors (Lipinski definition) is 0. The van der Waals surface area contributed by atoms with Crippen LogP contribution in [0.25, 0.3) is 5.57 Å². The highest BCUT2D eigenvalue weighted by Crippen LogP contribution is 2.30. The SMILES string of the molecule is CCCc1ccccc1Oc1ncnc(Oc2ccccc2/C(=C\OC)C(=O)OC)n1. The minimum atomic E-state index is -0.565. The van der Waals surface area contributed by atoms with Crippen molar-refractivity contribution >= 4 is 11.5 Å². The summed E-state index contributed by atoms with van der Waals surface area (Å²) in [7, 11) is 2.74. The molecule has 0 radical (unpaired) electrons. The standard InChI is InChI=1S/C23H23N3O5/c1-4-9-16-10-5-7-12-19(16)30-22-24-15-25-23(26-22)31-20-13-8-6-11-17(20)18(14-28-2)21(27)29-3/h5-8,10-15H,4,9H2,1-3H3/b18-14+. The number of aryl methyl sites for hydroxylation is 1. The summed E-state index contributed by atoms with van der Waals surface area (Å²) >= 11 is 0. The van der Waals surface area contributed by atoms with Crippen LogP contribution in [0.1, 0.15) is 24.5 Å². The molecule has 8 heteroatoms. The average Bonchev–Trinajstić information content (AvgIpc) is 2.79. The van der Waals surface area contributed by atoms with E-state index in [1.807, 2.05) is 24.3 Å². The molecule has 0 N–H and O–H groups in total. The number of rotatable bonds is 9. The lowest BCUT2D eigenvalue weighted by Crippen LogP contribution is -2.06. The first-order valence-corrected chi connectivity index (χ1v) is 9.69. The van der Waals surface area contributed by atoms with E-state index in [1.54, 1.807) is 24.3 Å². The molecule has 3 rings (SSSR count). The van der Waals surface area contributed by atoms with E-state index in [-0.39, 0.29) is 17.6 Å². The summed E-state index contributed by atoms with van der Waals surface area (Å²) in [5, 5.41) is 0. The normalized spacial score (nSPS) is 11.0. The zero-order valence-corrected chi connectivity index (χ0v) is 17.6. The number of carbonyl (C=O) groups is 1. The van der Waals surface area contributed by atoms with Gasteiger partial charge >= 0.3 is 18.0 Å². The lowest BCUT2D eigenvalue weighted by Gasteiger charge is -2.12. The highest BCUT2D eigenvalue weighted by atomic mass is 16.5. The molecule has 0 amide bonds. The van der Waals surface area contributed by atoms with Crippen LogP contribution in [0.15, 0.2) is 61.1 Å². The van der Waals surface area contributed by atoms with Gasteiger partial charge in [-0.15, -0.1) is 4.98 Å². The van der Waals surface area contributed by atoms with Crippen LogP contribution in [0.4, 0.5) is 0 Å². The fraction of sp³-hybridized carbons (Fsp3) is 0.217. The number of esters is 1. The molecule has 0 spiro atoms. The molecule has 0 unspecified atom stereocenters. The lowest BCUT2D eigenvalue weighted by molar-refractivity contribution is -0.133. The molecule has 0 fully saturated rings. The second kappa shape index (κ2) is 10.7. The Morgan fingerprint density at radius 3 is 2.26 bits per heavy atom. The topological polar surface area (TPSA) is 92.7 Å². The summed E-state index contributed by atoms with van der Waals surface area (Å²) in [6, 6.07) is 14.8. The smallest absolute Gasteiger partial charge is 0.341 e. The van der Waals surface area contributed by atoms with E-state index in [9.17, 15) is 4.79 Å². The van der Waals surface area contributed by atoms with Crippen LogP contribution in [-0.2, 0) is 20.7 Å². The van der Waals surface area contributed by atoms with Crippen LogP contribution < -0.4 is 9.47 Å². The van der Waals surface area contributed by atoms with Gasteiger partial charge in [0.05, 0.1) is 20.5 Å². The van der Waals surface area contributed by atoms with E-state index >= 15 is 0 Å². The summed E-state index contributed by atoms with van der Waals surface area (Å²) < 4.78 is 21.6. The van der Waals surface area contributed by atoms with E-state index in [2.05, 4.69) is 21.9 Å². The van der Waals surface area contributed by atoms with Gasteiger partial charge in [-0.05, 0) is 24.1 Å². The largest absolute Gasteiger partial charge is 0.503 e. The van der Waals surface area contributed by atoms with Crippen molar-refractivity contribution in [1.82, 2.24) is 15.0 Å². The molecule has 1 heterocycles. The van der Waals surface area contributed by atoms with Crippen LogP contribution in [-0.4, -0.2) is 35.1 Å². The Morgan fingerprint density at radius 2 is 1.58 bits per heavy atom. The van der Waals surface area contributed by atoms with Gasteiger partial charge in [-0.1, -0.05) is 49.7 Å². The molecule has 0 aliphatic rings. The Hall–Kier alpha value is -3.94. The highest BCUT2D eigenvalue weighted by Gasteiger charge is 2.19. The van der Waals surface area contributed by atoms with Crippen molar-refractivity contribution in [2.45, 2.75) is 19.8 Å². The number of ether oxygens (including phenoxy) is 4. The van der Waals surface area contributed by atoms with Crippen LogP contribution in [0.3, 0.4) is 0 Å².